The Morgan fingerprint density at radius 1 is 1.23 bits per heavy atom. The summed E-state index contributed by atoms with van der Waals surface area (Å²) in [5, 5.41) is 5.15. The molecule has 2 amide bonds. The molecule has 1 aliphatic heterocycles. The number of carbonyl (C=O) groups is 2. The molecule has 1 heterocycles. The Bertz CT molecular complexity index is 709. The van der Waals surface area contributed by atoms with Crippen LogP contribution in [0, 0.1) is 0 Å². The van der Waals surface area contributed by atoms with Gasteiger partial charge in [0.1, 0.15) is 0 Å². The Hall–Kier alpha value is -2.40. The highest BCUT2D eigenvalue weighted by molar-refractivity contribution is 5.88. The molecule has 0 bridgehead atoms. The lowest BCUT2D eigenvalue weighted by atomic mass is 10.0. The number of rotatable bonds is 4. The molecule has 0 spiro atoms. The number of hydrogen-bond donors (Lipinski definition) is 2. The Kier molecular flexibility index (Phi) is 4.06. The topological polar surface area (TPSA) is 75.4 Å². The molecule has 3 rings (SSSR count). The van der Waals surface area contributed by atoms with Crippen molar-refractivity contribution in [2.24, 2.45) is 5.73 Å². The summed E-state index contributed by atoms with van der Waals surface area (Å²) in [5.74, 6) is -0.574. The van der Waals surface area contributed by atoms with Crippen LogP contribution in [-0.4, -0.2) is 35.8 Å². The van der Waals surface area contributed by atoms with Crippen molar-refractivity contribution < 1.29 is 9.59 Å². The van der Waals surface area contributed by atoms with Gasteiger partial charge in [0.05, 0.1) is 12.5 Å². The van der Waals surface area contributed by atoms with E-state index in [1.54, 1.807) is 0 Å². The van der Waals surface area contributed by atoms with Crippen molar-refractivity contribution in [1.29, 1.82) is 0 Å². The second kappa shape index (κ2) is 6.15. The monoisotopic (exact) mass is 297 g/mol. The maximum Gasteiger partial charge on any atom is 0.237 e. The normalized spacial score (nSPS) is 19.1. The molecule has 5 heteroatoms. The van der Waals surface area contributed by atoms with Gasteiger partial charge in [0.25, 0.3) is 0 Å². The summed E-state index contributed by atoms with van der Waals surface area (Å²) in [6, 6.07) is 13.8. The zero-order chi connectivity index (χ0) is 15.5. The number of amides is 2. The second-order valence-electron chi connectivity index (χ2n) is 5.59. The van der Waals surface area contributed by atoms with E-state index >= 15 is 0 Å². The van der Waals surface area contributed by atoms with Gasteiger partial charge in [0.2, 0.25) is 11.8 Å². The van der Waals surface area contributed by atoms with E-state index in [2.05, 4.69) is 29.6 Å². The summed E-state index contributed by atoms with van der Waals surface area (Å²) in [5.41, 5.74) is 6.44. The highest BCUT2D eigenvalue weighted by Crippen LogP contribution is 2.22. The van der Waals surface area contributed by atoms with Crippen LogP contribution in [-0.2, 0) is 16.1 Å². The van der Waals surface area contributed by atoms with E-state index < -0.39 is 11.9 Å². The molecule has 1 atom stereocenters. The lowest BCUT2D eigenvalue weighted by molar-refractivity contribution is -0.133. The van der Waals surface area contributed by atoms with Crippen LogP contribution in [0.25, 0.3) is 10.8 Å². The molecule has 2 aromatic rings. The van der Waals surface area contributed by atoms with Crippen LogP contribution in [0.4, 0.5) is 0 Å². The van der Waals surface area contributed by atoms with Crippen molar-refractivity contribution in [3.05, 3.63) is 48.0 Å². The molecular weight excluding hydrogens is 278 g/mol. The van der Waals surface area contributed by atoms with Crippen LogP contribution < -0.4 is 11.1 Å². The number of piperazine rings is 1. The van der Waals surface area contributed by atoms with Gasteiger partial charge in [-0.3, -0.25) is 14.5 Å². The number of carbonyl (C=O) groups excluding carboxylic acids is 2. The largest absolute Gasteiger partial charge is 0.370 e. The summed E-state index contributed by atoms with van der Waals surface area (Å²) >= 11 is 0. The maximum absolute atomic E-state index is 12.0. The molecular formula is C17H19N3O2. The third-order valence-electron chi connectivity index (χ3n) is 4.09. The molecule has 1 fully saturated rings. The molecule has 0 aromatic heterocycles. The van der Waals surface area contributed by atoms with E-state index in [-0.39, 0.29) is 12.3 Å². The molecule has 1 unspecified atom stereocenters. The molecule has 0 radical (unpaired) electrons. The Morgan fingerprint density at radius 2 is 2.00 bits per heavy atom. The lowest BCUT2D eigenvalue weighted by Gasteiger charge is -2.34. The van der Waals surface area contributed by atoms with Gasteiger partial charge >= 0.3 is 0 Å². The Morgan fingerprint density at radius 3 is 2.82 bits per heavy atom. The number of hydrogen-bond acceptors (Lipinski definition) is 3. The Balaban J connectivity index is 1.89. The van der Waals surface area contributed by atoms with Crippen molar-refractivity contribution in [2.75, 3.05) is 13.1 Å². The summed E-state index contributed by atoms with van der Waals surface area (Å²) < 4.78 is 0. The number of benzene rings is 2. The first-order valence-electron chi connectivity index (χ1n) is 7.42. The summed E-state index contributed by atoms with van der Waals surface area (Å²) in [6.07, 6.45) is 0.0522. The smallest absolute Gasteiger partial charge is 0.237 e. The van der Waals surface area contributed by atoms with Crippen LogP contribution in [0.5, 0.6) is 0 Å². The van der Waals surface area contributed by atoms with E-state index in [1.165, 1.54) is 10.8 Å². The lowest BCUT2D eigenvalue weighted by Crippen LogP contribution is -2.55. The van der Waals surface area contributed by atoms with Gasteiger partial charge in [0.15, 0.2) is 0 Å². The minimum atomic E-state index is -0.481. The van der Waals surface area contributed by atoms with Crippen LogP contribution in [0.1, 0.15) is 12.0 Å². The summed E-state index contributed by atoms with van der Waals surface area (Å²) in [6.45, 7) is 1.94. The van der Waals surface area contributed by atoms with Crippen molar-refractivity contribution in [3.8, 4) is 0 Å². The van der Waals surface area contributed by atoms with Gasteiger partial charge in [-0.2, -0.15) is 0 Å². The highest BCUT2D eigenvalue weighted by atomic mass is 16.2. The van der Waals surface area contributed by atoms with Gasteiger partial charge in [-0.15, -0.1) is 0 Å². The maximum atomic E-state index is 12.0. The van der Waals surface area contributed by atoms with E-state index in [4.69, 9.17) is 5.73 Å². The van der Waals surface area contributed by atoms with Crippen molar-refractivity contribution in [2.45, 2.75) is 19.0 Å². The predicted octanol–water partition coefficient (Wildman–Crippen LogP) is 1.02. The van der Waals surface area contributed by atoms with E-state index in [0.717, 1.165) is 5.56 Å². The van der Waals surface area contributed by atoms with Gasteiger partial charge in [0, 0.05) is 19.6 Å². The molecule has 0 aliphatic carbocycles. The number of primary amides is 1. The van der Waals surface area contributed by atoms with Crippen molar-refractivity contribution in [3.63, 3.8) is 0 Å². The zero-order valence-corrected chi connectivity index (χ0v) is 12.3. The molecule has 5 nitrogen and oxygen atoms in total. The van der Waals surface area contributed by atoms with Gasteiger partial charge in [-0.25, -0.2) is 0 Å². The average Bonchev–Trinajstić information content (AvgIpc) is 2.51. The first-order valence-corrected chi connectivity index (χ1v) is 7.42. The van der Waals surface area contributed by atoms with Crippen LogP contribution in [0.15, 0.2) is 42.5 Å². The minimum absolute atomic E-state index is 0.0522. The molecule has 1 saturated heterocycles. The van der Waals surface area contributed by atoms with Gasteiger partial charge in [-0.1, -0.05) is 42.5 Å². The highest BCUT2D eigenvalue weighted by Gasteiger charge is 2.31. The molecule has 3 N–H and O–H groups in total. The van der Waals surface area contributed by atoms with Crippen LogP contribution in [0.2, 0.25) is 0 Å². The van der Waals surface area contributed by atoms with E-state index in [9.17, 15) is 9.59 Å². The fraction of sp³-hybridized carbons (Fsp3) is 0.294. The van der Waals surface area contributed by atoms with Crippen LogP contribution >= 0.6 is 0 Å². The average molecular weight is 297 g/mol. The van der Waals surface area contributed by atoms with Gasteiger partial charge in [-0.05, 0) is 16.3 Å². The number of nitrogens with zero attached hydrogens (tertiary/aromatic N) is 1. The standard InChI is InChI=1S/C17H19N3O2/c18-16(21)10-15-17(22)19-8-9-20(15)11-13-6-3-5-12-4-1-2-7-14(12)13/h1-7,15H,8-11H2,(H2,18,21)(H,19,22). The quantitative estimate of drug-likeness (QED) is 0.884. The number of nitrogens with two attached hydrogens (primary N) is 1. The number of nitrogens with one attached hydrogen (secondary N) is 1. The third kappa shape index (κ3) is 2.94. The number of fused-ring (bicyclic) bond motifs is 1. The van der Waals surface area contributed by atoms with E-state index in [0.29, 0.717) is 19.6 Å². The van der Waals surface area contributed by atoms with Crippen LogP contribution in [0.3, 0.4) is 0 Å². The first kappa shape index (κ1) is 14.5. The minimum Gasteiger partial charge on any atom is -0.370 e. The fourth-order valence-corrected chi connectivity index (χ4v) is 3.01. The fourth-order valence-electron chi connectivity index (χ4n) is 3.01. The van der Waals surface area contributed by atoms with Gasteiger partial charge < -0.3 is 11.1 Å². The Labute approximate surface area is 129 Å². The second-order valence-corrected chi connectivity index (χ2v) is 5.59. The molecule has 2 aromatic carbocycles. The SMILES string of the molecule is NC(=O)CC1C(=O)NCCN1Cc1cccc2ccccc12. The summed E-state index contributed by atoms with van der Waals surface area (Å²) in [4.78, 5) is 25.3. The molecule has 1 aliphatic rings. The van der Waals surface area contributed by atoms with Crippen molar-refractivity contribution >= 4 is 22.6 Å². The summed E-state index contributed by atoms with van der Waals surface area (Å²) in [7, 11) is 0. The zero-order valence-electron chi connectivity index (χ0n) is 12.3. The van der Waals surface area contributed by atoms with Crippen molar-refractivity contribution in [1.82, 2.24) is 10.2 Å². The van der Waals surface area contributed by atoms with E-state index in [1.807, 2.05) is 23.1 Å². The molecule has 22 heavy (non-hydrogen) atoms. The third-order valence-corrected chi connectivity index (χ3v) is 4.09. The molecule has 114 valence electrons. The first-order chi connectivity index (χ1) is 10.6. The predicted molar refractivity (Wildman–Crippen MR) is 85.0 cm³/mol. The molecule has 0 saturated carbocycles.